The first-order valence-electron chi connectivity index (χ1n) is 6.34. The summed E-state index contributed by atoms with van der Waals surface area (Å²) in [5, 5.41) is 3.51. The quantitative estimate of drug-likeness (QED) is 0.811. The van der Waals surface area contributed by atoms with E-state index in [-0.39, 0.29) is 0 Å². The highest BCUT2D eigenvalue weighted by molar-refractivity contribution is 5.27. The molecule has 1 nitrogen and oxygen atoms in total. The van der Waals surface area contributed by atoms with Gasteiger partial charge in [0.25, 0.3) is 0 Å². The highest BCUT2D eigenvalue weighted by Crippen LogP contribution is 2.39. The van der Waals surface area contributed by atoms with Crippen LogP contribution in [0.3, 0.4) is 0 Å². The van der Waals surface area contributed by atoms with E-state index in [1.807, 2.05) is 0 Å². The molecule has 1 saturated carbocycles. The van der Waals surface area contributed by atoms with Crippen LogP contribution < -0.4 is 5.32 Å². The Balaban J connectivity index is 1.81. The van der Waals surface area contributed by atoms with Gasteiger partial charge in [-0.2, -0.15) is 0 Å². The van der Waals surface area contributed by atoms with E-state index >= 15 is 0 Å². The van der Waals surface area contributed by atoms with E-state index in [1.165, 1.54) is 24.0 Å². The summed E-state index contributed by atoms with van der Waals surface area (Å²) in [6.07, 6.45) is 2.78. The standard InChI is InChI=1S/C15H23N/c1-15(2,3)11-16-10-12-4-6-13(7-5-12)14-8-9-14/h4-7,14,16H,8-11H2,1-3H3. The van der Waals surface area contributed by atoms with Crippen LogP contribution >= 0.6 is 0 Å². The lowest BCUT2D eigenvalue weighted by atomic mass is 9.97. The van der Waals surface area contributed by atoms with Crippen molar-refractivity contribution in [2.45, 2.75) is 46.1 Å². The van der Waals surface area contributed by atoms with Crippen molar-refractivity contribution in [2.24, 2.45) is 5.41 Å². The first-order chi connectivity index (χ1) is 7.54. The summed E-state index contributed by atoms with van der Waals surface area (Å²) in [6.45, 7) is 8.84. The van der Waals surface area contributed by atoms with E-state index in [2.05, 4.69) is 50.4 Å². The van der Waals surface area contributed by atoms with Crippen molar-refractivity contribution in [3.63, 3.8) is 0 Å². The van der Waals surface area contributed by atoms with Gasteiger partial charge in [-0.1, -0.05) is 45.0 Å². The Hall–Kier alpha value is -0.820. The number of benzene rings is 1. The Labute approximate surface area is 99.3 Å². The molecule has 1 fully saturated rings. The molecule has 0 aromatic heterocycles. The van der Waals surface area contributed by atoms with Gasteiger partial charge in [-0.25, -0.2) is 0 Å². The second-order valence-corrected chi connectivity index (χ2v) is 6.18. The summed E-state index contributed by atoms with van der Waals surface area (Å²) >= 11 is 0. The first kappa shape index (κ1) is 11.7. The summed E-state index contributed by atoms with van der Waals surface area (Å²) in [4.78, 5) is 0. The van der Waals surface area contributed by atoms with E-state index in [4.69, 9.17) is 0 Å². The Morgan fingerprint density at radius 1 is 1.12 bits per heavy atom. The van der Waals surface area contributed by atoms with Crippen LogP contribution in [0.15, 0.2) is 24.3 Å². The summed E-state index contributed by atoms with van der Waals surface area (Å²) < 4.78 is 0. The number of rotatable bonds is 4. The number of hydrogen-bond acceptors (Lipinski definition) is 1. The fourth-order valence-electron chi connectivity index (χ4n) is 1.91. The fraction of sp³-hybridized carbons (Fsp3) is 0.600. The van der Waals surface area contributed by atoms with Gasteiger partial charge in [-0.15, -0.1) is 0 Å². The fourth-order valence-corrected chi connectivity index (χ4v) is 1.91. The van der Waals surface area contributed by atoms with Gasteiger partial charge >= 0.3 is 0 Å². The van der Waals surface area contributed by atoms with Gasteiger partial charge in [-0.3, -0.25) is 0 Å². The van der Waals surface area contributed by atoms with Crippen LogP contribution in [0.1, 0.15) is 50.7 Å². The minimum absolute atomic E-state index is 0.369. The lowest BCUT2D eigenvalue weighted by Gasteiger charge is -2.18. The van der Waals surface area contributed by atoms with Crippen molar-refractivity contribution in [2.75, 3.05) is 6.54 Å². The van der Waals surface area contributed by atoms with Crippen LogP contribution in [-0.2, 0) is 6.54 Å². The van der Waals surface area contributed by atoms with E-state index in [0.717, 1.165) is 19.0 Å². The molecular formula is C15H23N. The van der Waals surface area contributed by atoms with E-state index in [1.54, 1.807) is 0 Å². The van der Waals surface area contributed by atoms with Crippen molar-refractivity contribution < 1.29 is 0 Å². The molecule has 1 aliphatic rings. The lowest BCUT2D eigenvalue weighted by molar-refractivity contribution is 0.379. The summed E-state index contributed by atoms with van der Waals surface area (Å²) in [5.74, 6) is 0.872. The molecular weight excluding hydrogens is 194 g/mol. The second kappa shape index (κ2) is 4.58. The van der Waals surface area contributed by atoms with Crippen molar-refractivity contribution in [1.82, 2.24) is 5.32 Å². The topological polar surface area (TPSA) is 12.0 Å². The summed E-state index contributed by atoms with van der Waals surface area (Å²) in [7, 11) is 0. The van der Waals surface area contributed by atoms with Crippen LogP contribution in [0.25, 0.3) is 0 Å². The van der Waals surface area contributed by atoms with Crippen molar-refractivity contribution in [3.8, 4) is 0 Å². The molecule has 0 spiro atoms. The summed E-state index contributed by atoms with van der Waals surface area (Å²) in [6, 6.07) is 9.13. The molecule has 0 aliphatic heterocycles. The van der Waals surface area contributed by atoms with Crippen LogP contribution in [0.5, 0.6) is 0 Å². The summed E-state index contributed by atoms with van der Waals surface area (Å²) in [5.41, 5.74) is 3.29. The largest absolute Gasteiger partial charge is 0.312 e. The SMILES string of the molecule is CC(C)(C)CNCc1ccc(C2CC2)cc1. The average molecular weight is 217 g/mol. The third-order valence-corrected chi connectivity index (χ3v) is 3.01. The molecule has 2 rings (SSSR count). The zero-order valence-corrected chi connectivity index (χ0v) is 10.7. The average Bonchev–Trinajstić information content (AvgIpc) is 3.00. The van der Waals surface area contributed by atoms with E-state index in [0.29, 0.717) is 5.41 Å². The highest BCUT2D eigenvalue weighted by Gasteiger charge is 2.22. The molecule has 0 bridgehead atoms. The van der Waals surface area contributed by atoms with Gasteiger partial charge in [0.2, 0.25) is 0 Å². The molecule has 0 saturated heterocycles. The molecule has 0 unspecified atom stereocenters. The number of hydrogen-bond donors (Lipinski definition) is 1. The predicted molar refractivity (Wildman–Crippen MR) is 69.6 cm³/mol. The van der Waals surface area contributed by atoms with E-state index < -0.39 is 0 Å². The van der Waals surface area contributed by atoms with Crippen molar-refractivity contribution in [3.05, 3.63) is 35.4 Å². The molecule has 1 N–H and O–H groups in total. The smallest absolute Gasteiger partial charge is 0.0205 e. The van der Waals surface area contributed by atoms with Gasteiger partial charge in [0.1, 0.15) is 0 Å². The first-order valence-corrected chi connectivity index (χ1v) is 6.34. The van der Waals surface area contributed by atoms with Gasteiger partial charge in [0.15, 0.2) is 0 Å². The Morgan fingerprint density at radius 3 is 2.25 bits per heavy atom. The molecule has 0 amide bonds. The molecule has 0 radical (unpaired) electrons. The zero-order chi connectivity index (χ0) is 11.6. The lowest BCUT2D eigenvalue weighted by Crippen LogP contribution is -2.26. The van der Waals surface area contributed by atoms with Crippen molar-refractivity contribution >= 4 is 0 Å². The van der Waals surface area contributed by atoms with Gasteiger partial charge in [0.05, 0.1) is 0 Å². The van der Waals surface area contributed by atoms with Crippen LogP contribution in [0.2, 0.25) is 0 Å². The van der Waals surface area contributed by atoms with Gasteiger partial charge in [-0.05, 0) is 35.3 Å². The maximum absolute atomic E-state index is 3.51. The maximum atomic E-state index is 3.51. The molecule has 16 heavy (non-hydrogen) atoms. The highest BCUT2D eigenvalue weighted by atomic mass is 14.9. The molecule has 1 aromatic rings. The van der Waals surface area contributed by atoms with Crippen LogP contribution in [0.4, 0.5) is 0 Å². The Kier molecular flexibility index (Phi) is 3.34. The third-order valence-electron chi connectivity index (χ3n) is 3.01. The molecule has 1 heteroatoms. The second-order valence-electron chi connectivity index (χ2n) is 6.18. The monoisotopic (exact) mass is 217 g/mol. The van der Waals surface area contributed by atoms with E-state index in [9.17, 15) is 0 Å². The minimum Gasteiger partial charge on any atom is -0.312 e. The molecule has 88 valence electrons. The molecule has 1 aromatic carbocycles. The molecule has 0 atom stereocenters. The van der Waals surface area contributed by atoms with Crippen LogP contribution in [-0.4, -0.2) is 6.54 Å². The van der Waals surface area contributed by atoms with Crippen molar-refractivity contribution in [1.29, 1.82) is 0 Å². The zero-order valence-electron chi connectivity index (χ0n) is 10.7. The Bertz CT molecular complexity index is 327. The van der Waals surface area contributed by atoms with Crippen LogP contribution in [0, 0.1) is 5.41 Å². The minimum atomic E-state index is 0.369. The Morgan fingerprint density at radius 2 is 1.75 bits per heavy atom. The van der Waals surface area contributed by atoms with Gasteiger partial charge in [0, 0.05) is 13.1 Å². The van der Waals surface area contributed by atoms with Gasteiger partial charge < -0.3 is 5.32 Å². The normalized spacial score (nSPS) is 16.4. The maximum Gasteiger partial charge on any atom is 0.0205 e. The molecule has 0 heterocycles. The third kappa shape index (κ3) is 3.64. The number of nitrogens with one attached hydrogen (secondary N) is 1. The predicted octanol–water partition coefficient (Wildman–Crippen LogP) is 3.70. The molecule has 1 aliphatic carbocycles.